The SMILES string of the molecule is COC(=O)c1ccc(N=C(N)NC#N)cc1O. The van der Waals surface area contributed by atoms with E-state index < -0.39 is 5.97 Å². The van der Waals surface area contributed by atoms with E-state index in [2.05, 4.69) is 15.0 Å². The average Bonchev–Trinajstić information content (AvgIpc) is 2.28. The zero-order chi connectivity index (χ0) is 12.8. The van der Waals surface area contributed by atoms with Crippen LogP contribution in [-0.4, -0.2) is 24.1 Å². The quantitative estimate of drug-likeness (QED) is 0.221. The van der Waals surface area contributed by atoms with Gasteiger partial charge in [0, 0.05) is 6.07 Å². The number of nitrogens with two attached hydrogens (primary N) is 1. The van der Waals surface area contributed by atoms with Crippen molar-refractivity contribution in [1.82, 2.24) is 5.32 Å². The molecule has 0 aliphatic heterocycles. The van der Waals surface area contributed by atoms with Gasteiger partial charge in [0.15, 0.2) is 6.19 Å². The molecule has 0 fully saturated rings. The molecule has 0 aromatic heterocycles. The van der Waals surface area contributed by atoms with Gasteiger partial charge < -0.3 is 15.6 Å². The highest BCUT2D eigenvalue weighted by Gasteiger charge is 2.11. The van der Waals surface area contributed by atoms with Gasteiger partial charge in [-0.3, -0.25) is 5.32 Å². The molecule has 17 heavy (non-hydrogen) atoms. The van der Waals surface area contributed by atoms with Crippen LogP contribution in [-0.2, 0) is 4.74 Å². The largest absolute Gasteiger partial charge is 0.507 e. The number of aliphatic imine (C=N–C) groups is 1. The van der Waals surface area contributed by atoms with E-state index >= 15 is 0 Å². The van der Waals surface area contributed by atoms with Gasteiger partial charge in [0.25, 0.3) is 0 Å². The van der Waals surface area contributed by atoms with E-state index in [1.54, 1.807) is 6.19 Å². The Balaban J connectivity index is 3.02. The van der Waals surface area contributed by atoms with Crippen LogP contribution in [0.25, 0.3) is 0 Å². The molecule has 0 amide bonds. The maximum absolute atomic E-state index is 11.2. The summed E-state index contributed by atoms with van der Waals surface area (Å²) in [5, 5.41) is 19.9. The third-order valence-corrected chi connectivity index (χ3v) is 1.82. The lowest BCUT2D eigenvalue weighted by atomic mass is 10.2. The van der Waals surface area contributed by atoms with Crippen molar-refractivity contribution < 1.29 is 14.6 Å². The molecule has 0 aliphatic carbocycles. The third-order valence-electron chi connectivity index (χ3n) is 1.82. The Morgan fingerprint density at radius 3 is 2.88 bits per heavy atom. The Bertz CT molecular complexity index is 505. The maximum Gasteiger partial charge on any atom is 0.341 e. The fourth-order valence-corrected chi connectivity index (χ4v) is 1.10. The number of methoxy groups -OCH3 is 1. The van der Waals surface area contributed by atoms with Crippen LogP contribution in [0.2, 0.25) is 0 Å². The number of phenolic OH excluding ortho intramolecular Hbond substituents is 1. The number of nitrogens with zero attached hydrogens (tertiary/aromatic N) is 2. The highest BCUT2D eigenvalue weighted by atomic mass is 16.5. The summed E-state index contributed by atoms with van der Waals surface area (Å²) in [5.41, 5.74) is 5.66. The standard InChI is InChI=1S/C10H10N4O3/c1-17-9(16)7-3-2-6(4-8(7)15)14-10(12)13-5-11/h2-4,15H,1H3,(H3,12,13,14). The Hall–Kier alpha value is -2.75. The Kier molecular flexibility index (Phi) is 3.89. The molecule has 4 N–H and O–H groups in total. The minimum atomic E-state index is -0.652. The lowest BCUT2D eigenvalue weighted by Gasteiger charge is -2.03. The van der Waals surface area contributed by atoms with Crippen LogP contribution in [0.1, 0.15) is 10.4 Å². The number of rotatable bonds is 2. The van der Waals surface area contributed by atoms with Gasteiger partial charge in [0.2, 0.25) is 5.96 Å². The topological polar surface area (TPSA) is 121 Å². The third kappa shape index (κ3) is 3.10. The molecule has 0 aliphatic rings. The number of benzene rings is 1. The number of aromatic hydroxyl groups is 1. The van der Waals surface area contributed by atoms with Crippen LogP contribution in [0.15, 0.2) is 23.2 Å². The molecule has 1 rings (SSSR count). The molecule has 7 heteroatoms. The van der Waals surface area contributed by atoms with Gasteiger partial charge in [0.05, 0.1) is 12.8 Å². The van der Waals surface area contributed by atoms with E-state index in [0.717, 1.165) is 0 Å². The molecular weight excluding hydrogens is 224 g/mol. The molecule has 88 valence electrons. The van der Waals surface area contributed by atoms with Crippen LogP contribution in [0, 0.1) is 11.5 Å². The number of hydrogen-bond donors (Lipinski definition) is 3. The van der Waals surface area contributed by atoms with Crippen LogP contribution in [0.3, 0.4) is 0 Å². The summed E-state index contributed by atoms with van der Waals surface area (Å²) >= 11 is 0. The van der Waals surface area contributed by atoms with Crippen molar-refractivity contribution in [2.24, 2.45) is 10.7 Å². The second-order valence-electron chi connectivity index (χ2n) is 2.93. The van der Waals surface area contributed by atoms with Gasteiger partial charge in [-0.15, -0.1) is 0 Å². The summed E-state index contributed by atoms with van der Waals surface area (Å²) < 4.78 is 4.46. The van der Waals surface area contributed by atoms with Crippen molar-refractivity contribution in [2.75, 3.05) is 7.11 Å². The lowest BCUT2D eigenvalue weighted by molar-refractivity contribution is 0.0597. The summed E-state index contributed by atoms with van der Waals surface area (Å²) in [7, 11) is 1.21. The van der Waals surface area contributed by atoms with E-state index in [0.29, 0.717) is 5.69 Å². The van der Waals surface area contributed by atoms with Crippen molar-refractivity contribution in [3.63, 3.8) is 0 Å². The highest BCUT2D eigenvalue weighted by molar-refractivity contribution is 5.93. The average molecular weight is 234 g/mol. The highest BCUT2D eigenvalue weighted by Crippen LogP contribution is 2.24. The van der Waals surface area contributed by atoms with Crippen LogP contribution in [0.4, 0.5) is 5.69 Å². The van der Waals surface area contributed by atoms with Crippen molar-refractivity contribution in [1.29, 1.82) is 5.26 Å². The number of carbonyl (C=O) groups is 1. The molecule has 1 aromatic carbocycles. The van der Waals surface area contributed by atoms with Gasteiger partial charge in [-0.1, -0.05) is 0 Å². The zero-order valence-corrected chi connectivity index (χ0v) is 8.97. The normalized spacial score (nSPS) is 10.5. The van der Waals surface area contributed by atoms with Gasteiger partial charge in [-0.2, -0.15) is 5.26 Å². The van der Waals surface area contributed by atoms with E-state index in [-0.39, 0.29) is 17.3 Å². The van der Waals surface area contributed by atoms with Crippen molar-refractivity contribution in [3.05, 3.63) is 23.8 Å². The number of nitriles is 1. The van der Waals surface area contributed by atoms with Crippen LogP contribution in [0.5, 0.6) is 5.75 Å². The molecule has 0 spiro atoms. The second-order valence-corrected chi connectivity index (χ2v) is 2.93. The fourth-order valence-electron chi connectivity index (χ4n) is 1.10. The summed E-state index contributed by atoms with van der Waals surface area (Å²) in [4.78, 5) is 15.0. The summed E-state index contributed by atoms with van der Waals surface area (Å²) in [6.45, 7) is 0. The van der Waals surface area contributed by atoms with Gasteiger partial charge in [-0.05, 0) is 12.1 Å². The molecule has 0 heterocycles. The Labute approximate surface area is 97.1 Å². The van der Waals surface area contributed by atoms with Crippen molar-refractivity contribution >= 4 is 17.6 Å². The van der Waals surface area contributed by atoms with Crippen molar-refractivity contribution in [2.45, 2.75) is 0 Å². The van der Waals surface area contributed by atoms with Crippen molar-refractivity contribution in [3.8, 4) is 11.9 Å². The zero-order valence-electron chi connectivity index (χ0n) is 8.97. The van der Waals surface area contributed by atoms with E-state index in [4.69, 9.17) is 11.0 Å². The predicted octanol–water partition coefficient (Wildman–Crippen LogP) is 0.196. The van der Waals surface area contributed by atoms with Gasteiger partial charge in [-0.25, -0.2) is 9.79 Å². The molecule has 7 nitrogen and oxygen atoms in total. The molecule has 0 bridgehead atoms. The first-order valence-electron chi connectivity index (χ1n) is 4.49. The monoisotopic (exact) mass is 234 g/mol. The summed E-state index contributed by atoms with van der Waals surface area (Å²) in [6, 6.07) is 4.04. The number of esters is 1. The second kappa shape index (κ2) is 5.37. The van der Waals surface area contributed by atoms with Crippen LogP contribution >= 0.6 is 0 Å². The fraction of sp³-hybridized carbons (Fsp3) is 0.100. The van der Waals surface area contributed by atoms with Gasteiger partial charge >= 0.3 is 5.97 Å². The molecule has 0 saturated carbocycles. The first kappa shape index (κ1) is 12.3. The lowest BCUT2D eigenvalue weighted by Crippen LogP contribution is -2.26. The first-order valence-corrected chi connectivity index (χ1v) is 4.49. The predicted molar refractivity (Wildman–Crippen MR) is 59.5 cm³/mol. The number of nitrogens with one attached hydrogen (secondary N) is 1. The number of guanidine groups is 1. The Morgan fingerprint density at radius 2 is 2.35 bits per heavy atom. The first-order chi connectivity index (χ1) is 8.08. The molecule has 0 saturated heterocycles. The minimum Gasteiger partial charge on any atom is -0.507 e. The van der Waals surface area contributed by atoms with E-state index in [1.807, 2.05) is 0 Å². The smallest absolute Gasteiger partial charge is 0.341 e. The summed E-state index contributed by atoms with van der Waals surface area (Å²) in [6.07, 6.45) is 1.60. The minimum absolute atomic E-state index is 0.0262. The van der Waals surface area contributed by atoms with Gasteiger partial charge in [0.1, 0.15) is 11.3 Å². The number of phenols is 1. The molecule has 0 radical (unpaired) electrons. The number of ether oxygens (including phenoxy) is 1. The van der Waals surface area contributed by atoms with Crippen LogP contribution < -0.4 is 11.1 Å². The Morgan fingerprint density at radius 1 is 1.65 bits per heavy atom. The van der Waals surface area contributed by atoms with E-state index in [1.165, 1.54) is 25.3 Å². The van der Waals surface area contributed by atoms with E-state index in [9.17, 15) is 9.90 Å². The maximum atomic E-state index is 11.2. The molecule has 0 unspecified atom stereocenters. The summed E-state index contributed by atoms with van der Waals surface area (Å²) in [5.74, 6) is -1.04. The number of carbonyl (C=O) groups excluding carboxylic acids is 1. The number of hydrogen-bond acceptors (Lipinski definition) is 5. The molecular formula is C10H10N4O3. The molecule has 1 aromatic rings. The molecule has 0 atom stereocenters.